The Morgan fingerprint density at radius 2 is 2.00 bits per heavy atom. The van der Waals surface area contributed by atoms with Gasteiger partial charge >= 0.3 is 5.97 Å². The number of aliphatic carboxylic acids is 1. The SMILES string of the molecule is CCCOc1ccc(/C(C)=C/C(=O)O)c(C)c1C. The summed E-state index contributed by atoms with van der Waals surface area (Å²) in [6.07, 6.45) is 2.20. The van der Waals surface area contributed by atoms with Gasteiger partial charge in [-0.2, -0.15) is 0 Å². The standard InChI is InChI=1S/C15H20O3/c1-5-8-18-14-7-6-13(11(3)12(14)4)10(2)9-15(16)17/h6-7,9H,5,8H2,1-4H3,(H,16,17)/b10-9+. The second kappa shape index (κ2) is 6.24. The number of carboxylic acids is 1. The molecule has 0 bridgehead atoms. The molecule has 0 saturated heterocycles. The molecule has 3 nitrogen and oxygen atoms in total. The van der Waals surface area contributed by atoms with E-state index in [0.717, 1.165) is 34.4 Å². The van der Waals surface area contributed by atoms with Crippen LogP contribution in [0.25, 0.3) is 5.57 Å². The van der Waals surface area contributed by atoms with Crippen molar-refractivity contribution in [1.82, 2.24) is 0 Å². The van der Waals surface area contributed by atoms with Crippen LogP contribution in [0.5, 0.6) is 5.75 Å². The number of hydrogen-bond donors (Lipinski definition) is 1. The van der Waals surface area contributed by atoms with Crippen LogP contribution in [0.2, 0.25) is 0 Å². The number of carbonyl (C=O) groups is 1. The van der Waals surface area contributed by atoms with Crippen molar-refractivity contribution in [2.45, 2.75) is 34.1 Å². The summed E-state index contributed by atoms with van der Waals surface area (Å²) < 4.78 is 5.65. The molecule has 1 rings (SSSR count). The lowest BCUT2D eigenvalue weighted by atomic mass is 9.97. The zero-order valence-corrected chi connectivity index (χ0v) is 11.4. The van der Waals surface area contributed by atoms with E-state index in [1.807, 2.05) is 32.9 Å². The fourth-order valence-electron chi connectivity index (χ4n) is 1.85. The van der Waals surface area contributed by atoms with Crippen LogP contribution in [0.3, 0.4) is 0 Å². The molecule has 0 amide bonds. The molecule has 0 unspecified atom stereocenters. The molecule has 0 aliphatic carbocycles. The van der Waals surface area contributed by atoms with E-state index in [-0.39, 0.29) is 0 Å². The average Bonchev–Trinajstić information content (AvgIpc) is 2.30. The van der Waals surface area contributed by atoms with E-state index in [0.29, 0.717) is 6.61 Å². The Bertz CT molecular complexity index is 473. The highest BCUT2D eigenvalue weighted by molar-refractivity contribution is 5.90. The normalized spacial score (nSPS) is 11.4. The maximum atomic E-state index is 10.7. The van der Waals surface area contributed by atoms with Gasteiger partial charge in [-0.3, -0.25) is 0 Å². The molecule has 0 aliphatic rings. The van der Waals surface area contributed by atoms with Crippen molar-refractivity contribution >= 4 is 11.5 Å². The van der Waals surface area contributed by atoms with Crippen molar-refractivity contribution in [2.24, 2.45) is 0 Å². The molecule has 0 radical (unpaired) electrons. The fourth-order valence-corrected chi connectivity index (χ4v) is 1.85. The van der Waals surface area contributed by atoms with Crippen LogP contribution in [0, 0.1) is 13.8 Å². The highest BCUT2D eigenvalue weighted by atomic mass is 16.5. The van der Waals surface area contributed by atoms with Gasteiger partial charge in [0.1, 0.15) is 5.75 Å². The molecule has 1 N–H and O–H groups in total. The lowest BCUT2D eigenvalue weighted by Crippen LogP contribution is -2.00. The van der Waals surface area contributed by atoms with E-state index in [1.54, 1.807) is 0 Å². The smallest absolute Gasteiger partial charge is 0.328 e. The molecule has 0 aromatic heterocycles. The summed E-state index contributed by atoms with van der Waals surface area (Å²) in [5, 5.41) is 8.78. The molecule has 0 fully saturated rings. The molecule has 3 heteroatoms. The lowest BCUT2D eigenvalue weighted by Gasteiger charge is -2.14. The van der Waals surface area contributed by atoms with Gasteiger partial charge in [-0.1, -0.05) is 13.0 Å². The topological polar surface area (TPSA) is 46.5 Å². The Morgan fingerprint density at radius 1 is 1.33 bits per heavy atom. The maximum absolute atomic E-state index is 10.7. The summed E-state index contributed by atoms with van der Waals surface area (Å²) in [5.74, 6) is -0.0444. The predicted molar refractivity (Wildman–Crippen MR) is 73.0 cm³/mol. The molecule has 0 aliphatic heterocycles. The van der Waals surface area contributed by atoms with E-state index in [4.69, 9.17) is 9.84 Å². The maximum Gasteiger partial charge on any atom is 0.328 e. The van der Waals surface area contributed by atoms with Crippen LogP contribution in [-0.2, 0) is 4.79 Å². The second-order valence-corrected chi connectivity index (χ2v) is 4.38. The fraction of sp³-hybridized carbons (Fsp3) is 0.400. The lowest BCUT2D eigenvalue weighted by molar-refractivity contribution is -0.131. The summed E-state index contributed by atoms with van der Waals surface area (Å²) in [6.45, 7) is 8.56. The first-order valence-corrected chi connectivity index (χ1v) is 6.12. The highest BCUT2D eigenvalue weighted by Gasteiger charge is 2.09. The Hall–Kier alpha value is -1.77. The quantitative estimate of drug-likeness (QED) is 0.810. The Kier molecular flexibility index (Phi) is 4.95. The van der Waals surface area contributed by atoms with E-state index in [1.165, 1.54) is 6.08 Å². The molecule has 98 valence electrons. The van der Waals surface area contributed by atoms with Crippen molar-refractivity contribution in [1.29, 1.82) is 0 Å². The second-order valence-electron chi connectivity index (χ2n) is 4.38. The van der Waals surface area contributed by atoms with Crippen molar-refractivity contribution in [3.63, 3.8) is 0 Å². The zero-order chi connectivity index (χ0) is 13.7. The van der Waals surface area contributed by atoms with Gasteiger partial charge in [-0.25, -0.2) is 4.79 Å². The predicted octanol–water partition coefficient (Wildman–Crippen LogP) is 3.58. The zero-order valence-electron chi connectivity index (χ0n) is 11.4. The minimum Gasteiger partial charge on any atom is -0.493 e. The van der Waals surface area contributed by atoms with Gasteiger partial charge in [-0.05, 0) is 55.5 Å². The van der Waals surface area contributed by atoms with Crippen LogP contribution in [0.15, 0.2) is 18.2 Å². The summed E-state index contributed by atoms with van der Waals surface area (Å²) in [7, 11) is 0. The first-order chi connectivity index (χ1) is 8.47. The third-order valence-corrected chi connectivity index (χ3v) is 2.96. The third-order valence-electron chi connectivity index (χ3n) is 2.96. The minimum absolute atomic E-state index is 0.698. The van der Waals surface area contributed by atoms with Crippen LogP contribution >= 0.6 is 0 Å². The van der Waals surface area contributed by atoms with Gasteiger partial charge < -0.3 is 9.84 Å². The van der Waals surface area contributed by atoms with Gasteiger partial charge in [-0.15, -0.1) is 0 Å². The number of ether oxygens (including phenoxy) is 1. The molecular weight excluding hydrogens is 228 g/mol. The Balaban J connectivity index is 3.11. The molecule has 1 aromatic carbocycles. The molecule has 18 heavy (non-hydrogen) atoms. The first kappa shape index (κ1) is 14.3. The van der Waals surface area contributed by atoms with Crippen molar-refractivity contribution in [3.05, 3.63) is 34.9 Å². The molecule has 0 spiro atoms. The van der Waals surface area contributed by atoms with E-state index in [9.17, 15) is 4.79 Å². The van der Waals surface area contributed by atoms with E-state index in [2.05, 4.69) is 6.92 Å². The monoisotopic (exact) mass is 248 g/mol. The summed E-state index contributed by atoms with van der Waals surface area (Å²) in [4.78, 5) is 10.7. The molecular formula is C15H20O3. The summed E-state index contributed by atoms with van der Waals surface area (Å²) in [5.41, 5.74) is 3.85. The highest BCUT2D eigenvalue weighted by Crippen LogP contribution is 2.28. The van der Waals surface area contributed by atoms with Crippen LogP contribution in [-0.4, -0.2) is 17.7 Å². The Morgan fingerprint density at radius 3 is 2.56 bits per heavy atom. The van der Waals surface area contributed by atoms with E-state index < -0.39 is 5.97 Å². The van der Waals surface area contributed by atoms with Crippen LogP contribution in [0.4, 0.5) is 0 Å². The third kappa shape index (κ3) is 3.36. The van der Waals surface area contributed by atoms with Gasteiger partial charge in [0.05, 0.1) is 6.61 Å². The van der Waals surface area contributed by atoms with Crippen LogP contribution < -0.4 is 4.74 Å². The minimum atomic E-state index is -0.920. The molecule has 0 atom stereocenters. The van der Waals surface area contributed by atoms with Gasteiger partial charge in [0, 0.05) is 6.08 Å². The van der Waals surface area contributed by atoms with Crippen molar-refractivity contribution in [2.75, 3.05) is 6.61 Å². The number of hydrogen-bond acceptors (Lipinski definition) is 2. The number of allylic oxidation sites excluding steroid dienone is 1. The van der Waals surface area contributed by atoms with Gasteiger partial charge in [0.25, 0.3) is 0 Å². The number of carboxylic acid groups (broad SMARTS) is 1. The average molecular weight is 248 g/mol. The summed E-state index contributed by atoms with van der Waals surface area (Å²) in [6, 6.07) is 3.83. The van der Waals surface area contributed by atoms with E-state index >= 15 is 0 Å². The van der Waals surface area contributed by atoms with Gasteiger partial charge in [0.15, 0.2) is 0 Å². The van der Waals surface area contributed by atoms with Gasteiger partial charge in [0.2, 0.25) is 0 Å². The Labute approximate surface area is 108 Å². The first-order valence-electron chi connectivity index (χ1n) is 6.12. The molecule has 0 heterocycles. The largest absolute Gasteiger partial charge is 0.493 e. The number of rotatable bonds is 5. The number of benzene rings is 1. The molecule has 1 aromatic rings. The summed E-state index contributed by atoms with van der Waals surface area (Å²) >= 11 is 0. The van der Waals surface area contributed by atoms with Crippen LogP contribution in [0.1, 0.15) is 37.0 Å². The molecule has 0 saturated carbocycles. The van der Waals surface area contributed by atoms with Crippen molar-refractivity contribution < 1.29 is 14.6 Å². The van der Waals surface area contributed by atoms with Crippen molar-refractivity contribution in [3.8, 4) is 5.75 Å².